The van der Waals surface area contributed by atoms with Crippen LogP contribution in [0.3, 0.4) is 0 Å². The molecule has 21 heavy (non-hydrogen) atoms. The van der Waals surface area contributed by atoms with Crippen LogP contribution in [0, 0.1) is 5.82 Å². The molecule has 1 N–H and O–H groups in total. The number of ether oxygens (including phenoxy) is 1. The lowest BCUT2D eigenvalue weighted by Crippen LogP contribution is -2.23. The highest BCUT2D eigenvalue weighted by atomic mass is 79.9. The number of aryl methyl sites for hydroxylation is 1. The minimum atomic E-state index is -0.318. The maximum absolute atomic E-state index is 14.3. The van der Waals surface area contributed by atoms with Gasteiger partial charge in [0.25, 0.3) is 0 Å². The van der Waals surface area contributed by atoms with E-state index in [4.69, 9.17) is 4.74 Å². The van der Waals surface area contributed by atoms with Crippen molar-refractivity contribution in [3.8, 4) is 5.75 Å². The van der Waals surface area contributed by atoms with Crippen molar-refractivity contribution in [1.82, 2.24) is 15.1 Å². The molecule has 6 heteroatoms. The van der Waals surface area contributed by atoms with Gasteiger partial charge in [-0.05, 0) is 25.6 Å². The molecule has 0 bridgehead atoms. The molecule has 2 aromatic rings. The highest BCUT2D eigenvalue weighted by molar-refractivity contribution is 9.10. The highest BCUT2D eigenvalue weighted by Crippen LogP contribution is 2.32. The zero-order valence-corrected chi connectivity index (χ0v) is 13.9. The average molecular weight is 356 g/mol. The molecule has 0 fully saturated rings. The zero-order valence-electron chi connectivity index (χ0n) is 12.4. The predicted molar refractivity (Wildman–Crippen MR) is 84.1 cm³/mol. The van der Waals surface area contributed by atoms with Crippen LogP contribution in [-0.2, 0) is 6.54 Å². The van der Waals surface area contributed by atoms with Gasteiger partial charge in [-0.1, -0.05) is 28.9 Å². The summed E-state index contributed by atoms with van der Waals surface area (Å²) in [4.78, 5) is 0. The molecule has 1 aromatic carbocycles. The lowest BCUT2D eigenvalue weighted by Gasteiger charge is -2.20. The predicted octanol–water partition coefficient (Wildman–Crippen LogP) is 3.51. The smallest absolute Gasteiger partial charge is 0.161 e. The molecule has 0 aliphatic heterocycles. The summed E-state index contributed by atoms with van der Waals surface area (Å²) in [6.45, 7) is 2.83. The Morgan fingerprint density at radius 2 is 2.24 bits per heavy atom. The molecular formula is C15H19BrFN3O. The van der Waals surface area contributed by atoms with Crippen molar-refractivity contribution >= 4 is 15.9 Å². The van der Waals surface area contributed by atoms with E-state index in [2.05, 4.69) is 33.3 Å². The van der Waals surface area contributed by atoms with Gasteiger partial charge in [0.1, 0.15) is 11.5 Å². The largest absolute Gasteiger partial charge is 0.493 e. The SMILES string of the molecule is CCCn1ncc(OC)c1C(NC)c1ccc(Br)cc1F. The van der Waals surface area contributed by atoms with Gasteiger partial charge >= 0.3 is 0 Å². The van der Waals surface area contributed by atoms with Crippen molar-refractivity contribution in [3.63, 3.8) is 0 Å². The van der Waals surface area contributed by atoms with Gasteiger partial charge in [-0.25, -0.2) is 4.39 Å². The summed E-state index contributed by atoms with van der Waals surface area (Å²) in [7, 11) is 3.40. The molecule has 0 saturated heterocycles. The Balaban J connectivity index is 2.52. The first-order valence-electron chi connectivity index (χ1n) is 6.84. The van der Waals surface area contributed by atoms with Crippen LogP contribution in [0.4, 0.5) is 4.39 Å². The van der Waals surface area contributed by atoms with Crippen LogP contribution in [0.15, 0.2) is 28.9 Å². The number of hydrogen-bond acceptors (Lipinski definition) is 3. The molecular weight excluding hydrogens is 337 g/mol. The fraction of sp³-hybridized carbons (Fsp3) is 0.400. The van der Waals surface area contributed by atoms with Gasteiger partial charge in [0.2, 0.25) is 0 Å². The number of nitrogens with one attached hydrogen (secondary N) is 1. The molecule has 0 aliphatic carbocycles. The second-order valence-corrected chi connectivity index (χ2v) is 5.62. The fourth-order valence-electron chi connectivity index (χ4n) is 2.39. The Kier molecular flexibility index (Phi) is 5.36. The van der Waals surface area contributed by atoms with Crippen LogP contribution in [0.1, 0.15) is 30.6 Å². The maximum Gasteiger partial charge on any atom is 0.161 e. The fourth-order valence-corrected chi connectivity index (χ4v) is 2.72. The molecule has 2 rings (SSSR count). The molecule has 0 spiro atoms. The standard InChI is InChI=1S/C15H19BrFN3O/c1-4-7-20-15(13(21-3)9-19-20)14(18-2)11-6-5-10(16)8-12(11)17/h5-6,8-9,14,18H,4,7H2,1-3H3. The number of benzene rings is 1. The van der Waals surface area contributed by atoms with Crippen LogP contribution in [0.25, 0.3) is 0 Å². The Hall–Kier alpha value is -1.40. The van der Waals surface area contributed by atoms with E-state index in [-0.39, 0.29) is 11.9 Å². The van der Waals surface area contributed by atoms with Gasteiger partial charge < -0.3 is 10.1 Å². The molecule has 4 nitrogen and oxygen atoms in total. The molecule has 1 aromatic heterocycles. The Bertz CT molecular complexity index is 615. The van der Waals surface area contributed by atoms with Crippen LogP contribution in [0.2, 0.25) is 0 Å². The van der Waals surface area contributed by atoms with Gasteiger partial charge in [0, 0.05) is 16.6 Å². The molecule has 0 saturated carbocycles. The number of halogens is 2. The molecule has 1 heterocycles. The lowest BCUT2D eigenvalue weighted by atomic mass is 10.0. The first-order chi connectivity index (χ1) is 10.1. The van der Waals surface area contributed by atoms with Crippen LogP contribution < -0.4 is 10.1 Å². The summed E-state index contributed by atoms with van der Waals surface area (Å²) in [5.74, 6) is 0.389. The van der Waals surface area contributed by atoms with E-state index in [0.29, 0.717) is 15.8 Å². The Morgan fingerprint density at radius 1 is 1.48 bits per heavy atom. The van der Waals surface area contributed by atoms with Gasteiger partial charge in [-0.3, -0.25) is 4.68 Å². The first kappa shape index (κ1) is 16.0. The average Bonchev–Trinajstić information content (AvgIpc) is 2.85. The van der Waals surface area contributed by atoms with Crippen molar-refractivity contribution in [1.29, 1.82) is 0 Å². The molecule has 1 unspecified atom stereocenters. The van der Waals surface area contributed by atoms with Gasteiger partial charge in [-0.15, -0.1) is 0 Å². The van der Waals surface area contributed by atoms with Gasteiger partial charge in [0.15, 0.2) is 5.75 Å². The van der Waals surface area contributed by atoms with Crippen LogP contribution in [-0.4, -0.2) is 23.9 Å². The second-order valence-electron chi connectivity index (χ2n) is 4.71. The molecule has 1 atom stereocenters. The van der Waals surface area contributed by atoms with E-state index in [1.165, 1.54) is 6.07 Å². The van der Waals surface area contributed by atoms with Crippen molar-refractivity contribution in [2.45, 2.75) is 25.9 Å². The number of hydrogen-bond donors (Lipinski definition) is 1. The molecule has 0 radical (unpaired) electrons. The number of rotatable bonds is 6. The Morgan fingerprint density at radius 3 is 2.81 bits per heavy atom. The summed E-state index contributed by atoms with van der Waals surface area (Å²) in [6, 6.07) is 4.74. The summed E-state index contributed by atoms with van der Waals surface area (Å²) in [6.07, 6.45) is 2.61. The van der Waals surface area contributed by atoms with Crippen molar-refractivity contribution < 1.29 is 9.13 Å². The normalized spacial score (nSPS) is 12.4. The van der Waals surface area contributed by atoms with E-state index in [1.807, 2.05) is 10.7 Å². The van der Waals surface area contributed by atoms with E-state index >= 15 is 0 Å². The van der Waals surface area contributed by atoms with Crippen LogP contribution in [0.5, 0.6) is 5.75 Å². The quantitative estimate of drug-likeness (QED) is 0.861. The molecule has 0 amide bonds. The summed E-state index contributed by atoms with van der Waals surface area (Å²) < 4.78 is 22.3. The number of nitrogens with zero attached hydrogens (tertiary/aromatic N) is 2. The Labute approximate surface area is 132 Å². The summed E-state index contributed by atoms with van der Waals surface area (Å²) >= 11 is 3.28. The van der Waals surface area contributed by atoms with E-state index in [9.17, 15) is 4.39 Å². The van der Waals surface area contributed by atoms with E-state index < -0.39 is 0 Å². The second kappa shape index (κ2) is 7.04. The van der Waals surface area contributed by atoms with Crippen LogP contribution >= 0.6 is 15.9 Å². The third kappa shape index (κ3) is 3.27. The van der Waals surface area contributed by atoms with Crippen molar-refractivity contribution in [2.24, 2.45) is 0 Å². The highest BCUT2D eigenvalue weighted by Gasteiger charge is 2.24. The minimum absolute atomic E-state index is 0.268. The monoisotopic (exact) mass is 355 g/mol. The number of methoxy groups -OCH3 is 1. The number of aromatic nitrogens is 2. The molecule has 114 valence electrons. The van der Waals surface area contributed by atoms with E-state index in [0.717, 1.165) is 18.7 Å². The third-order valence-corrected chi connectivity index (χ3v) is 3.83. The van der Waals surface area contributed by atoms with Gasteiger partial charge in [0.05, 0.1) is 19.3 Å². The summed E-state index contributed by atoms with van der Waals surface area (Å²) in [5, 5.41) is 7.50. The first-order valence-corrected chi connectivity index (χ1v) is 7.63. The third-order valence-electron chi connectivity index (χ3n) is 3.34. The van der Waals surface area contributed by atoms with E-state index in [1.54, 1.807) is 26.4 Å². The summed E-state index contributed by atoms with van der Waals surface area (Å²) in [5.41, 5.74) is 1.40. The maximum atomic E-state index is 14.3. The zero-order chi connectivity index (χ0) is 15.4. The topological polar surface area (TPSA) is 39.1 Å². The van der Waals surface area contributed by atoms with Crippen molar-refractivity contribution in [3.05, 3.63) is 45.9 Å². The van der Waals surface area contributed by atoms with Crippen molar-refractivity contribution in [2.75, 3.05) is 14.2 Å². The molecule has 0 aliphatic rings. The lowest BCUT2D eigenvalue weighted by molar-refractivity contribution is 0.399. The van der Waals surface area contributed by atoms with Gasteiger partial charge in [-0.2, -0.15) is 5.10 Å². The minimum Gasteiger partial charge on any atom is -0.493 e.